The highest BCUT2D eigenvalue weighted by atomic mass is 19.3. The number of halogens is 2. The number of carbonyl (C=O) groups is 1. The molecule has 3 nitrogen and oxygen atoms in total. The summed E-state index contributed by atoms with van der Waals surface area (Å²) in [5, 5.41) is 8.17. The monoisotopic (exact) mass is 194 g/mol. The molecule has 1 N–H and O–H groups in total. The molecule has 0 radical (unpaired) electrons. The predicted molar refractivity (Wildman–Crippen MR) is 40.8 cm³/mol. The van der Waals surface area contributed by atoms with E-state index in [-0.39, 0.29) is 0 Å². The van der Waals surface area contributed by atoms with Gasteiger partial charge in [0.25, 0.3) is 0 Å². The van der Waals surface area contributed by atoms with E-state index < -0.39 is 24.4 Å². The van der Waals surface area contributed by atoms with Crippen LogP contribution in [0, 0.1) is 0 Å². The lowest BCUT2D eigenvalue weighted by Gasteiger charge is -2.24. The van der Waals surface area contributed by atoms with Gasteiger partial charge >= 0.3 is 11.9 Å². The lowest BCUT2D eigenvalue weighted by Crippen LogP contribution is -2.35. The third kappa shape index (κ3) is 2.91. The molecule has 1 heterocycles. The molecule has 0 amide bonds. The van der Waals surface area contributed by atoms with Gasteiger partial charge in [0.1, 0.15) is 0 Å². The molecule has 0 aromatic heterocycles. The Bertz CT molecular complexity index is 188. The zero-order valence-electron chi connectivity index (χ0n) is 7.13. The van der Waals surface area contributed by atoms with Gasteiger partial charge in [-0.15, -0.1) is 0 Å². The van der Waals surface area contributed by atoms with Crippen molar-refractivity contribution in [2.45, 2.75) is 37.7 Å². The minimum atomic E-state index is -3.65. The second-order valence-corrected chi connectivity index (χ2v) is 3.20. The SMILES string of the molecule is O=C(O)C(F)(F)CC1CCCCO1. The Balaban J connectivity index is 2.41. The van der Waals surface area contributed by atoms with Crippen molar-refractivity contribution in [3.63, 3.8) is 0 Å². The van der Waals surface area contributed by atoms with Crippen molar-refractivity contribution < 1.29 is 23.4 Å². The van der Waals surface area contributed by atoms with Gasteiger partial charge in [-0.25, -0.2) is 4.79 Å². The van der Waals surface area contributed by atoms with Crippen LogP contribution in [0.3, 0.4) is 0 Å². The van der Waals surface area contributed by atoms with Crippen molar-refractivity contribution >= 4 is 5.97 Å². The lowest BCUT2D eigenvalue weighted by atomic mass is 10.0. The Morgan fingerprint density at radius 2 is 2.23 bits per heavy atom. The quantitative estimate of drug-likeness (QED) is 0.743. The summed E-state index contributed by atoms with van der Waals surface area (Å²) in [6, 6.07) is 0. The summed E-state index contributed by atoms with van der Waals surface area (Å²) >= 11 is 0. The molecule has 0 aromatic carbocycles. The maximum atomic E-state index is 12.7. The largest absolute Gasteiger partial charge is 0.477 e. The van der Waals surface area contributed by atoms with Crippen LogP contribution in [0.1, 0.15) is 25.7 Å². The van der Waals surface area contributed by atoms with Crippen LogP contribution in [0.5, 0.6) is 0 Å². The average Bonchev–Trinajstić information content (AvgIpc) is 2.05. The Labute approximate surface area is 74.7 Å². The number of carboxylic acid groups (broad SMARTS) is 1. The van der Waals surface area contributed by atoms with Gasteiger partial charge in [-0.2, -0.15) is 8.78 Å². The summed E-state index contributed by atoms with van der Waals surface area (Å²) in [6.07, 6.45) is 0.931. The smallest absolute Gasteiger partial charge is 0.374 e. The van der Waals surface area contributed by atoms with Gasteiger partial charge in [-0.1, -0.05) is 0 Å². The third-order valence-electron chi connectivity index (χ3n) is 2.07. The maximum Gasteiger partial charge on any atom is 0.374 e. The molecular weight excluding hydrogens is 182 g/mol. The predicted octanol–water partition coefficient (Wildman–Crippen LogP) is 1.67. The number of alkyl halides is 2. The molecule has 1 aliphatic rings. The van der Waals surface area contributed by atoms with Crippen molar-refractivity contribution in [1.29, 1.82) is 0 Å². The fraction of sp³-hybridized carbons (Fsp3) is 0.875. The molecule has 1 fully saturated rings. The number of ether oxygens (including phenoxy) is 1. The number of rotatable bonds is 3. The van der Waals surface area contributed by atoms with Crippen molar-refractivity contribution in [3.8, 4) is 0 Å². The van der Waals surface area contributed by atoms with Gasteiger partial charge in [0, 0.05) is 13.0 Å². The lowest BCUT2D eigenvalue weighted by molar-refractivity contribution is -0.171. The average molecular weight is 194 g/mol. The molecular formula is C8H12F2O3. The first-order valence-electron chi connectivity index (χ1n) is 4.25. The molecule has 0 aromatic rings. The van der Waals surface area contributed by atoms with Gasteiger partial charge in [-0.05, 0) is 19.3 Å². The van der Waals surface area contributed by atoms with Gasteiger partial charge < -0.3 is 9.84 Å². The molecule has 13 heavy (non-hydrogen) atoms. The fourth-order valence-corrected chi connectivity index (χ4v) is 1.34. The van der Waals surface area contributed by atoms with Gasteiger partial charge in [0.2, 0.25) is 0 Å². The number of hydrogen-bond acceptors (Lipinski definition) is 2. The molecule has 0 bridgehead atoms. The second kappa shape index (κ2) is 4.00. The highest BCUT2D eigenvalue weighted by Crippen LogP contribution is 2.26. The van der Waals surface area contributed by atoms with E-state index in [9.17, 15) is 13.6 Å². The standard InChI is InChI=1S/C8H12F2O3/c9-8(10,7(11)12)5-6-3-1-2-4-13-6/h6H,1-5H2,(H,11,12). The van der Waals surface area contributed by atoms with Gasteiger partial charge in [-0.3, -0.25) is 0 Å². The Hall–Kier alpha value is -0.710. The Morgan fingerprint density at radius 3 is 2.69 bits per heavy atom. The molecule has 76 valence electrons. The first kappa shape index (κ1) is 10.4. The number of carboxylic acids is 1. The molecule has 1 unspecified atom stereocenters. The minimum absolute atomic E-state index is 0.459. The van der Waals surface area contributed by atoms with Crippen molar-refractivity contribution in [3.05, 3.63) is 0 Å². The van der Waals surface area contributed by atoms with E-state index in [1.54, 1.807) is 0 Å². The van der Waals surface area contributed by atoms with Crippen LogP contribution in [0.15, 0.2) is 0 Å². The molecule has 1 saturated heterocycles. The summed E-state index contributed by atoms with van der Waals surface area (Å²) in [5.74, 6) is -5.72. The van der Waals surface area contributed by atoms with E-state index in [0.29, 0.717) is 13.0 Å². The summed E-state index contributed by atoms with van der Waals surface area (Å²) in [4.78, 5) is 10.1. The summed E-state index contributed by atoms with van der Waals surface area (Å²) < 4.78 is 30.3. The second-order valence-electron chi connectivity index (χ2n) is 3.20. The zero-order valence-corrected chi connectivity index (χ0v) is 7.13. The first-order chi connectivity index (χ1) is 6.02. The normalized spacial score (nSPS) is 24.3. The van der Waals surface area contributed by atoms with Crippen molar-refractivity contribution in [1.82, 2.24) is 0 Å². The molecule has 0 spiro atoms. The Kier molecular flexibility index (Phi) is 3.19. The third-order valence-corrected chi connectivity index (χ3v) is 2.07. The van der Waals surface area contributed by atoms with Crippen molar-refractivity contribution in [2.24, 2.45) is 0 Å². The highest BCUT2D eigenvalue weighted by molar-refractivity contribution is 5.75. The molecule has 1 atom stereocenters. The summed E-state index contributed by atoms with van der Waals surface area (Å²) in [7, 11) is 0. The van der Waals surface area contributed by atoms with E-state index in [1.807, 2.05) is 0 Å². The fourth-order valence-electron chi connectivity index (χ4n) is 1.34. The van der Waals surface area contributed by atoms with Crippen LogP contribution in [0.4, 0.5) is 8.78 Å². The molecule has 1 aliphatic heterocycles. The van der Waals surface area contributed by atoms with Crippen LogP contribution in [0.2, 0.25) is 0 Å². The van der Waals surface area contributed by atoms with E-state index in [0.717, 1.165) is 12.8 Å². The maximum absolute atomic E-state index is 12.7. The van der Waals surface area contributed by atoms with Crippen LogP contribution < -0.4 is 0 Å². The number of aliphatic carboxylic acids is 1. The molecule has 0 saturated carbocycles. The molecule has 0 aliphatic carbocycles. The van der Waals surface area contributed by atoms with Crippen LogP contribution >= 0.6 is 0 Å². The first-order valence-corrected chi connectivity index (χ1v) is 4.25. The Morgan fingerprint density at radius 1 is 1.54 bits per heavy atom. The topological polar surface area (TPSA) is 46.5 Å². The summed E-state index contributed by atoms with van der Waals surface area (Å²) in [6.45, 7) is 0.459. The van der Waals surface area contributed by atoms with Crippen molar-refractivity contribution in [2.75, 3.05) is 6.61 Å². The van der Waals surface area contributed by atoms with Crippen LogP contribution in [-0.2, 0) is 9.53 Å². The molecule has 1 rings (SSSR count). The van der Waals surface area contributed by atoms with E-state index >= 15 is 0 Å². The van der Waals surface area contributed by atoms with E-state index in [2.05, 4.69) is 0 Å². The van der Waals surface area contributed by atoms with Crippen LogP contribution in [0.25, 0.3) is 0 Å². The molecule has 5 heteroatoms. The van der Waals surface area contributed by atoms with Gasteiger partial charge in [0.05, 0.1) is 6.10 Å². The van der Waals surface area contributed by atoms with E-state index in [4.69, 9.17) is 9.84 Å². The summed E-state index contributed by atoms with van der Waals surface area (Å²) in [5.41, 5.74) is 0. The minimum Gasteiger partial charge on any atom is -0.477 e. The van der Waals surface area contributed by atoms with Gasteiger partial charge in [0.15, 0.2) is 0 Å². The van der Waals surface area contributed by atoms with E-state index in [1.165, 1.54) is 0 Å². The van der Waals surface area contributed by atoms with Crippen LogP contribution in [-0.4, -0.2) is 29.7 Å². The highest BCUT2D eigenvalue weighted by Gasteiger charge is 2.41. The number of hydrogen-bond donors (Lipinski definition) is 1. The zero-order chi connectivity index (χ0) is 9.90.